The van der Waals surface area contributed by atoms with E-state index in [0.717, 1.165) is 12.0 Å². The SMILES string of the molecule is CC1(C)Cc2cccc(Oc3cccc(F)c3C=O)c2O1. The Bertz CT molecular complexity index is 707. The van der Waals surface area contributed by atoms with E-state index in [4.69, 9.17) is 9.47 Å². The number of carbonyl (C=O) groups excluding carboxylic acids is 1. The number of benzene rings is 2. The van der Waals surface area contributed by atoms with Crippen LogP contribution in [0.15, 0.2) is 36.4 Å². The lowest BCUT2D eigenvalue weighted by molar-refractivity contribution is 0.111. The molecule has 1 aliphatic rings. The second-order valence-electron chi connectivity index (χ2n) is 5.65. The molecule has 1 aliphatic heterocycles. The van der Waals surface area contributed by atoms with Gasteiger partial charge in [-0.15, -0.1) is 0 Å². The van der Waals surface area contributed by atoms with Gasteiger partial charge >= 0.3 is 0 Å². The van der Waals surface area contributed by atoms with E-state index in [2.05, 4.69) is 0 Å². The van der Waals surface area contributed by atoms with Crippen molar-refractivity contribution in [3.63, 3.8) is 0 Å². The summed E-state index contributed by atoms with van der Waals surface area (Å²) < 4.78 is 25.2. The van der Waals surface area contributed by atoms with E-state index in [-0.39, 0.29) is 16.9 Å². The third-order valence-corrected chi connectivity index (χ3v) is 3.41. The van der Waals surface area contributed by atoms with Crippen LogP contribution in [0.3, 0.4) is 0 Å². The van der Waals surface area contributed by atoms with Gasteiger partial charge < -0.3 is 9.47 Å². The smallest absolute Gasteiger partial charge is 0.169 e. The summed E-state index contributed by atoms with van der Waals surface area (Å²) >= 11 is 0. The zero-order chi connectivity index (χ0) is 15.0. The van der Waals surface area contributed by atoms with Crippen molar-refractivity contribution in [1.82, 2.24) is 0 Å². The van der Waals surface area contributed by atoms with Crippen molar-refractivity contribution in [3.05, 3.63) is 53.3 Å². The molecule has 4 heteroatoms. The molecule has 21 heavy (non-hydrogen) atoms. The van der Waals surface area contributed by atoms with Crippen molar-refractivity contribution >= 4 is 6.29 Å². The molecule has 0 fully saturated rings. The number of fused-ring (bicyclic) bond motifs is 1. The van der Waals surface area contributed by atoms with Gasteiger partial charge in [0.15, 0.2) is 17.8 Å². The van der Waals surface area contributed by atoms with Crippen LogP contribution in [0.5, 0.6) is 17.2 Å². The molecule has 2 aromatic carbocycles. The van der Waals surface area contributed by atoms with Gasteiger partial charge in [0.05, 0.1) is 5.56 Å². The van der Waals surface area contributed by atoms with E-state index in [1.807, 2.05) is 26.0 Å². The van der Waals surface area contributed by atoms with Gasteiger partial charge in [0, 0.05) is 12.0 Å². The molecule has 0 unspecified atom stereocenters. The van der Waals surface area contributed by atoms with E-state index in [9.17, 15) is 9.18 Å². The van der Waals surface area contributed by atoms with Crippen LogP contribution in [0.1, 0.15) is 29.8 Å². The molecule has 0 aromatic heterocycles. The van der Waals surface area contributed by atoms with E-state index >= 15 is 0 Å². The maximum absolute atomic E-state index is 13.6. The molecule has 0 saturated heterocycles. The molecule has 3 rings (SSSR count). The lowest BCUT2D eigenvalue weighted by atomic mass is 10.0. The Morgan fingerprint density at radius 2 is 1.90 bits per heavy atom. The lowest BCUT2D eigenvalue weighted by Gasteiger charge is -2.18. The fraction of sp³-hybridized carbons (Fsp3) is 0.235. The zero-order valence-electron chi connectivity index (χ0n) is 11.9. The zero-order valence-corrected chi connectivity index (χ0v) is 11.9. The van der Waals surface area contributed by atoms with E-state index in [1.54, 1.807) is 12.1 Å². The molecule has 0 radical (unpaired) electrons. The molecule has 0 saturated carbocycles. The third-order valence-electron chi connectivity index (χ3n) is 3.41. The Hall–Kier alpha value is -2.36. The molecule has 108 valence electrons. The van der Waals surface area contributed by atoms with Gasteiger partial charge in [-0.1, -0.05) is 18.2 Å². The lowest BCUT2D eigenvalue weighted by Crippen LogP contribution is -2.24. The average molecular weight is 286 g/mol. The first-order valence-electron chi connectivity index (χ1n) is 6.72. The highest BCUT2D eigenvalue weighted by molar-refractivity contribution is 5.80. The molecular weight excluding hydrogens is 271 g/mol. The molecule has 0 N–H and O–H groups in total. The Balaban J connectivity index is 2.00. The number of hydrogen-bond donors (Lipinski definition) is 0. The number of ether oxygens (including phenoxy) is 2. The first-order valence-corrected chi connectivity index (χ1v) is 6.72. The van der Waals surface area contributed by atoms with Gasteiger partial charge in [-0.2, -0.15) is 0 Å². The monoisotopic (exact) mass is 286 g/mol. The Kier molecular flexibility index (Phi) is 3.16. The minimum absolute atomic E-state index is 0.0904. The highest BCUT2D eigenvalue weighted by Crippen LogP contribution is 2.43. The van der Waals surface area contributed by atoms with E-state index < -0.39 is 5.82 Å². The summed E-state index contributed by atoms with van der Waals surface area (Å²) in [6.45, 7) is 3.99. The number of rotatable bonds is 3. The summed E-state index contributed by atoms with van der Waals surface area (Å²) in [5.41, 5.74) is 0.658. The normalized spacial score (nSPS) is 15.2. The maximum atomic E-state index is 13.6. The second-order valence-corrected chi connectivity index (χ2v) is 5.65. The average Bonchev–Trinajstić information content (AvgIpc) is 2.74. The minimum Gasteiger partial charge on any atom is -0.483 e. The highest BCUT2D eigenvalue weighted by Gasteiger charge is 2.32. The molecule has 1 heterocycles. The fourth-order valence-corrected chi connectivity index (χ4v) is 2.51. The summed E-state index contributed by atoms with van der Waals surface area (Å²) in [4.78, 5) is 11.0. The maximum Gasteiger partial charge on any atom is 0.169 e. The standard InChI is InChI=1S/C17H15FO3/c1-17(2)9-11-5-3-8-15(16(11)21-17)20-14-7-4-6-13(18)12(14)10-19/h3-8,10H,9H2,1-2H3. The molecule has 0 atom stereocenters. The summed E-state index contributed by atoms with van der Waals surface area (Å²) in [7, 11) is 0. The van der Waals surface area contributed by atoms with Crippen LogP contribution < -0.4 is 9.47 Å². The van der Waals surface area contributed by atoms with Crippen molar-refractivity contribution < 1.29 is 18.7 Å². The summed E-state index contributed by atoms with van der Waals surface area (Å²) in [5.74, 6) is 0.735. The van der Waals surface area contributed by atoms with Gasteiger partial charge in [-0.05, 0) is 32.0 Å². The highest BCUT2D eigenvalue weighted by atomic mass is 19.1. The number of hydrogen-bond acceptors (Lipinski definition) is 3. The quantitative estimate of drug-likeness (QED) is 0.795. The summed E-state index contributed by atoms with van der Waals surface area (Å²) in [6, 6.07) is 9.88. The first-order chi connectivity index (χ1) is 10.00. The Labute approximate surface area is 122 Å². The fourth-order valence-electron chi connectivity index (χ4n) is 2.51. The Morgan fingerprint density at radius 1 is 1.19 bits per heavy atom. The number of aldehydes is 1. The van der Waals surface area contributed by atoms with Crippen molar-refractivity contribution in [3.8, 4) is 17.2 Å². The van der Waals surface area contributed by atoms with Crippen LogP contribution in [0.25, 0.3) is 0 Å². The predicted molar refractivity (Wildman–Crippen MR) is 76.7 cm³/mol. The topological polar surface area (TPSA) is 35.5 Å². The largest absolute Gasteiger partial charge is 0.483 e. The summed E-state index contributed by atoms with van der Waals surface area (Å²) in [5, 5.41) is 0. The van der Waals surface area contributed by atoms with Crippen LogP contribution >= 0.6 is 0 Å². The van der Waals surface area contributed by atoms with Gasteiger partial charge in [0.25, 0.3) is 0 Å². The summed E-state index contributed by atoms with van der Waals surface area (Å²) in [6.07, 6.45) is 1.24. The van der Waals surface area contributed by atoms with Crippen LogP contribution in [-0.4, -0.2) is 11.9 Å². The van der Waals surface area contributed by atoms with E-state index in [1.165, 1.54) is 12.1 Å². The predicted octanol–water partition coefficient (Wildman–Crippen LogP) is 4.14. The first kappa shape index (κ1) is 13.6. The van der Waals surface area contributed by atoms with Crippen LogP contribution in [0, 0.1) is 5.82 Å². The van der Waals surface area contributed by atoms with Crippen molar-refractivity contribution in [2.45, 2.75) is 25.9 Å². The van der Waals surface area contributed by atoms with Gasteiger partial charge in [0.2, 0.25) is 0 Å². The molecule has 3 nitrogen and oxygen atoms in total. The van der Waals surface area contributed by atoms with Crippen molar-refractivity contribution in [2.24, 2.45) is 0 Å². The molecule has 0 aliphatic carbocycles. The molecular formula is C17H15FO3. The van der Waals surface area contributed by atoms with Crippen LogP contribution in [-0.2, 0) is 6.42 Å². The molecule has 0 spiro atoms. The molecule has 0 amide bonds. The van der Waals surface area contributed by atoms with Gasteiger partial charge in [0.1, 0.15) is 17.2 Å². The third kappa shape index (κ3) is 2.49. The molecule has 2 aromatic rings. The van der Waals surface area contributed by atoms with E-state index in [0.29, 0.717) is 17.8 Å². The minimum atomic E-state index is -0.601. The number of carbonyl (C=O) groups is 1. The van der Waals surface area contributed by atoms with Crippen molar-refractivity contribution in [2.75, 3.05) is 0 Å². The Morgan fingerprint density at radius 3 is 2.67 bits per heavy atom. The van der Waals surface area contributed by atoms with Gasteiger partial charge in [-0.3, -0.25) is 4.79 Å². The van der Waals surface area contributed by atoms with Crippen LogP contribution in [0.4, 0.5) is 4.39 Å². The second kappa shape index (κ2) is 4.88. The van der Waals surface area contributed by atoms with Gasteiger partial charge in [-0.25, -0.2) is 4.39 Å². The van der Waals surface area contributed by atoms with Crippen LogP contribution in [0.2, 0.25) is 0 Å². The number of halogens is 1. The molecule has 0 bridgehead atoms. The number of para-hydroxylation sites is 1. The van der Waals surface area contributed by atoms with Crippen molar-refractivity contribution in [1.29, 1.82) is 0 Å².